The van der Waals surface area contributed by atoms with Crippen molar-refractivity contribution in [1.82, 2.24) is 10.5 Å². The molecule has 1 amide bonds. The monoisotopic (exact) mass is 276 g/mol. The Hall–Kier alpha value is -1.65. The maximum atomic E-state index is 12.3. The molecule has 1 N–H and O–H groups in total. The minimum absolute atomic E-state index is 0.0899. The predicted molar refractivity (Wildman–Crippen MR) is 72.2 cm³/mol. The Kier molecular flexibility index (Phi) is 3.36. The van der Waals surface area contributed by atoms with E-state index in [0.29, 0.717) is 17.2 Å². The first-order valence-corrected chi connectivity index (χ1v) is 7.30. The number of hydrogen-bond donors (Lipinski definition) is 1. The van der Waals surface area contributed by atoms with Crippen LogP contribution in [0.15, 0.2) is 10.7 Å². The van der Waals surface area contributed by atoms with Crippen LogP contribution in [-0.4, -0.2) is 23.4 Å². The molecule has 5 heteroatoms. The fourth-order valence-corrected chi connectivity index (χ4v) is 3.38. The summed E-state index contributed by atoms with van der Waals surface area (Å²) in [4.78, 5) is 23.6. The normalized spacial score (nSPS) is 29.1. The van der Waals surface area contributed by atoms with Crippen molar-refractivity contribution < 1.29 is 14.1 Å². The molecule has 0 aromatic carbocycles. The van der Waals surface area contributed by atoms with E-state index < -0.39 is 0 Å². The molecule has 3 rings (SSSR count). The molecule has 2 fully saturated rings. The fraction of sp³-hybridized carbons (Fsp3) is 0.667. The van der Waals surface area contributed by atoms with Crippen molar-refractivity contribution in [1.29, 1.82) is 0 Å². The highest BCUT2D eigenvalue weighted by Gasteiger charge is 2.48. The van der Waals surface area contributed by atoms with E-state index in [4.69, 9.17) is 4.52 Å². The second-order valence-corrected chi connectivity index (χ2v) is 6.38. The second kappa shape index (κ2) is 5.04. The number of hydrogen-bond acceptors (Lipinski definition) is 4. The smallest absolute Gasteiger partial charge is 0.257 e. The molecule has 2 aliphatic carbocycles. The van der Waals surface area contributed by atoms with E-state index in [-0.39, 0.29) is 17.9 Å². The number of nitrogens with one attached hydrogen (secondary N) is 1. The Balaban J connectivity index is 1.67. The van der Waals surface area contributed by atoms with Gasteiger partial charge in [-0.1, -0.05) is 19.0 Å². The number of rotatable bonds is 5. The number of aromatic nitrogens is 1. The Morgan fingerprint density at radius 1 is 1.40 bits per heavy atom. The van der Waals surface area contributed by atoms with Crippen molar-refractivity contribution in [3.8, 4) is 0 Å². The maximum Gasteiger partial charge on any atom is 0.257 e. The molecule has 0 bridgehead atoms. The van der Waals surface area contributed by atoms with Crippen molar-refractivity contribution in [3.63, 3.8) is 0 Å². The lowest BCUT2D eigenvalue weighted by Crippen LogP contribution is -2.41. The van der Waals surface area contributed by atoms with Gasteiger partial charge in [0.1, 0.15) is 11.8 Å². The fourth-order valence-electron chi connectivity index (χ4n) is 3.38. The molecule has 0 radical (unpaired) electrons. The molecule has 1 unspecified atom stereocenters. The van der Waals surface area contributed by atoms with Gasteiger partial charge in [0.15, 0.2) is 5.76 Å². The molecular formula is C15H20N2O3. The molecule has 1 aromatic rings. The molecular weight excluding hydrogens is 256 g/mol. The molecule has 0 aliphatic heterocycles. The van der Waals surface area contributed by atoms with Gasteiger partial charge in [0.05, 0.1) is 12.2 Å². The van der Waals surface area contributed by atoms with Crippen molar-refractivity contribution in [3.05, 3.63) is 17.5 Å². The van der Waals surface area contributed by atoms with Crippen LogP contribution in [0.25, 0.3) is 0 Å². The third-order valence-electron chi connectivity index (χ3n) is 4.60. The maximum absolute atomic E-state index is 12.3. The van der Waals surface area contributed by atoms with Gasteiger partial charge in [0.2, 0.25) is 0 Å². The van der Waals surface area contributed by atoms with Crippen LogP contribution in [0.1, 0.15) is 55.1 Å². The van der Waals surface area contributed by atoms with E-state index >= 15 is 0 Å². The van der Waals surface area contributed by atoms with Crippen LogP contribution >= 0.6 is 0 Å². The first-order chi connectivity index (χ1) is 9.60. The Morgan fingerprint density at radius 2 is 2.10 bits per heavy atom. The lowest BCUT2D eigenvalue weighted by Gasteiger charge is -2.20. The Bertz CT molecular complexity index is 513. The van der Waals surface area contributed by atoms with Crippen molar-refractivity contribution >= 4 is 12.2 Å². The summed E-state index contributed by atoms with van der Waals surface area (Å²) in [5.41, 5.74) is 0.440. The highest BCUT2D eigenvalue weighted by molar-refractivity contribution is 5.96. The van der Waals surface area contributed by atoms with Crippen LogP contribution in [0.4, 0.5) is 0 Å². The second-order valence-electron chi connectivity index (χ2n) is 6.38. The van der Waals surface area contributed by atoms with Gasteiger partial charge in [-0.3, -0.25) is 4.79 Å². The average molecular weight is 276 g/mol. The van der Waals surface area contributed by atoms with E-state index in [1.165, 1.54) is 12.6 Å². The largest absolute Gasteiger partial charge is 0.360 e. The summed E-state index contributed by atoms with van der Waals surface area (Å²) in [5, 5.41) is 6.53. The number of fused-ring (bicyclic) bond motifs is 1. The van der Waals surface area contributed by atoms with Crippen molar-refractivity contribution in [2.75, 3.05) is 0 Å². The topological polar surface area (TPSA) is 72.2 Å². The first-order valence-electron chi connectivity index (χ1n) is 7.30. The Labute approximate surface area is 118 Å². The van der Waals surface area contributed by atoms with Crippen molar-refractivity contribution in [2.24, 2.45) is 17.8 Å². The number of nitrogens with zero attached hydrogens (tertiary/aromatic N) is 1. The summed E-state index contributed by atoms with van der Waals surface area (Å²) >= 11 is 0. The van der Waals surface area contributed by atoms with Crippen LogP contribution in [0.3, 0.4) is 0 Å². The van der Waals surface area contributed by atoms with E-state index in [0.717, 1.165) is 31.0 Å². The van der Waals surface area contributed by atoms with Gasteiger partial charge >= 0.3 is 0 Å². The van der Waals surface area contributed by atoms with E-state index in [1.54, 1.807) is 0 Å². The van der Waals surface area contributed by atoms with Gasteiger partial charge in [0.25, 0.3) is 5.91 Å². The molecule has 4 atom stereocenters. The van der Waals surface area contributed by atoms with Gasteiger partial charge < -0.3 is 14.6 Å². The molecule has 1 aromatic heterocycles. The average Bonchev–Trinajstić information content (AvgIpc) is 2.87. The molecule has 5 nitrogen and oxygen atoms in total. The van der Waals surface area contributed by atoms with Gasteiger partial charge in [-0.2, -0.15) is 0 Å². The van der Waals surface area contributed by atoms with Gasteiger partial charge in [-0.05, 0) is 37.0 Å². The Morgan fingerprint density at radius 3 is 2.70 bits per heavy atom. The molecule has 2 saturated carbocycles. The summed E-state index contributed by atoms with van der Waals surface area (Å²) in [6.45, 7) is 3.89. The molecule has 2 aliphatic rings. The number of amides is 1. The number of carbonyl (C=O) groups is 2. The first kappa shape index (κ1) is 13.3. The lowest BCUT2D eigenvalue weighted by molar-refractivity contribution is -0.110. The van der Waals surface area contributed by atoms with E-state index in [1.807, 2.05) is 13.8 Å². The summed E-state index contributed by atoms with van der Waals surface area (Å²) in [6.07, 6.45) is 5.73. The van der Waals surface area contributed by atoms with Gasteiger partial charge in [0, 0.05) is 5.92 Å². The predicted octanol–water partition coefficient (Wildman–Crippen LogP) is 2.14. The van der Waals surface area contributed by atoms with Crippen LogP contribution in [0, 0.1) is 17.8 Å². The van der Waals surface area contributed by atoms with Crippen LogP contribution < -0.4 is 5.32 Å². The van der Waals surface area contributed by atoms with Crippen LogP contribution in [0.5, 0.6) is 0 Å². The zero-order chi connectivity index (χ0) is 14.3. The minimum atomic E-state index is -0.384. The van der Waals surface area contributed by atoms with Gasteiger partial charge in [-0.15, -0.1) is 0 Å². The SMILES string of the molecule is CC(C)c1oncc1C(=O)N[C@H](C=O)C1C[C@@H]2C[C@@H]2C1. The molecule has 20 heavy (non-hydrogen) atoms. The third kappa shape index (κ3) is 2.37. The molecule has 0 spiro atoms. The standard InChI is InChI=1S/C15H20N2O3/c1-8(2)14-12(6-16-20-14)15(19)17-13(7-18)11-4-9-3-10(9)5-11/h6-11,13H,3-5H2,1-2H3,(H,17,19)/t9-,10+,11?,13-/m1/s1. The third-order valence-corrected chi connectivity index (χ3v) is 4.60. The zero-order valence-corrected chi connectivity index (χ0v) is 11.8. The quantitative estimate of drug-likeness (QED) is 0.836. The molecule has 0 saturated heterocycles. The number of carbonyl (C=O) groups excluding carboxylic acids is 2. The molecule has 1 heterocycles. The van der Waals surface area contributed by atoms with E-state index in [2.05, 4.69) is 10.5 Å². The highest BCUT2D eigenvalue weighted by atomic mass is 16.5. The zero-order valence-electron chi connectivity index (χ0n) is 11.8. The summed E-state index contributed by atoms with van der Waals surface area (Å²) < 4.78 is 5.11. The van der Waals surface area contributed by atoms with Gasteiger partial charge in [-0.25, -0.2) is 0 Å². The summed E-state index contributed by atoms with van der Waals surface area (Å²) in [6, 6.07) is -0.384. The highest BCUT2D eigenvalue weighted by Crippen LogP contribution is 2.54. The van der Waals surface area contributed by atoms with E-state index in [9.17, 15) is 9.59 Å². The number of aldehydes is 1. The molecule has 108 valence electrons. The van der Waals surface area contributed by atoms with Crippen LogP contribution in [0.2, 0.25) is 0 Å². The summed E-state index contributed by atoms with van der Waals surface area (Å²) in [5.74, 6) is 2.28. The lowest BCUT2D eigenvalue weighted by atomic mass is 9.95. The summed E-state index contributed by atoms with van der Waals surface area (Å²) in [7, 11) is 0. The minimum Gasteiger partial charge on any atom is -0.360 e. The van der Waals surface area contributed by atoms with Crippen molar-refractivity contribution in [2.45, 2.75) is 45.1 Å². The van der Waals surface area contributed by atoms with Crippen LogP contribution in [-0.2, 0) is 4.79 Å².